The Morgan fingerprint density at radius 1 is 1.26 bits per heavy atom. The predicted molar refractivity (Wildman–Crippen MR) is 74.6 cm³/mol. The smallest absolute Gasteiger partial charge is 0.218 e. The molecule has 0 saturated carbocycles. The van der Waals surface area contributed by atoms with E-state index in [1.54, 1.807) is 18.3 Å². The summed E-state index contributed by atoms with van der Waals surface area (Å²) in [6.07, 6.45) is 4.10. The first-order chi connectivity index (χ1) is 9.28. The standard InChI is InChI=1S/C13H15ClN4O/c1-2-19-13-7-12(17-9-18-13)15-6-5-10-3-4-11(14)16-8-10/h3-4,7-9H,2,5-6H2,1H3,(H,15,17,18). The highest BCUT2D eigenvalue weighted by atomic mass is 35.5. The van der Waals surface area contributed by atoms with Gasteiger partial charge in [0.1, 0.15) is 17.3 Å². The van der Waals surface area contributed by atoms with Crippen LogP contribution < -0.4 is 10.1 Å². The summed E-state index contributed by atoms with van der Waals surface area (Å²) in [5.74, 6) is 1.33. The van der Waals surface area contributed by atoms with Crippen molar-refractivity contribution in [1.82, 2.24) is 15.0 Å². The third kappa shape index (κ3) is 4.37. The van der Waals surface area contributed by atoms with E-state index in [1.165, 1.54) is 6.33 Å². The molecule has 0 radical (unpaired) electrons. The van der Waals surface area contributed by atoms with Gasteiger partial charge in [-0.2, -0.15) is 0 Å². The molecular weight excluding hydrogens is 264 g/mol. The molecule has 0 unspecified atom stereocenters. The van der Waals surface area contributed by atoms with Crippen molar-refractivity contribution in [2.75, 3.05) is 18.5 Å². The topological polar surface area (TPSA) is 59.9 Å². The fourth-order valence-electron chi connectivity index (χ4n) is 1.55. The third-order valence-electron chi connectivity index (χ3n) is 2.44. The van der Waals surface area contributed by atoms with Gasteiger partial charge in [-0.25, -0.2) is 15.0 Å². The van der Waals surface area contributed by atoms with Crippen LogP contribution in [0, 0.1) is 0 Å². The van der Waals surface area contributed by atoms with Crippen LogP contribution in [0.25, 0.3) is 0 Å². The Hall–Kier alpha value is -1.88. The van der Waals surface area contributed by atoms with Gasteiger partial charge in [-0.15, -0.1) is 0 Å². The summed E-state index contributed by atoms with van der Waals surface area (Å²) in [5, 5.41) is 3.72. The van der Waals surface area contributed by atoms with Crippen LogP contribution in [0.5, 0.6) is 5.88 Å². The average molecular weight is 279 g/mol. The Bertz CT molecular complexity index is 518. The predicted octanol–water partition coefficient (Wildman–Crippen LogP) is 2.58. The number of rotatable bonds is 6. The molecule has 6 heteroatoms. The molecule has 5 nitrogen and oxygen atoms in total. The molecule has 0 saturated heterocycles. The van der Waals surface area contributed by atoms with Crippen LogP contribution in [-0.2, 0) is 6.42 Å². The fourth-order valence-corrected chi connectivity index (χ4v) is 1.66. The second kappa shape index (κ2) is 6.89. The van der Waals surface area contributed by atoms with E-state index in [9.17, 15) is 0 Å². The minimum atomic E-state index is 0.508. The maximum absolute atomic E-state index is 5.73. The van der Waals surface area contributed by atoms with E-state index in [-0.39, 0.29) is 0 Å². The summed E-state index contributed by atoms with van der Waals surface area (Å²) in [6, 6.07) is 5.53. The van der Waals surface area contributed by atoms with Gasteiger partial charge in [-0.1, -0.05) is 17.7 Å². The molecule has 2 heterocycles. The molecule has 0 spiro atoms. The van der Waals surface area contributed by atoms with Gasteiger partial charge >= 0.3 is 0 Å². The van der Waals surface area contributed by atoms with Gasteiger partial charge < -0.3 is 10.1 Å². The zero-order valence-corrected chi connectivity index (χ0v) is 11.4. The lowest BCUT2D eigenvalue weighted by atomic mass is 10.2. The minimum Gasteiger partial charge on any atom is -0.478 e. The van der Waals surface area contributed by atoms with E-state index in [0.29, 0.717) is 17.6 Å². The molecule has 0 fully saturated rings. The van der Waals surface area contributed by atoms with Crippen molar-refractivity contribution < 1.29 is 4.74 Å². The van der Waals surface area contributed by atoms with Crippen molar-refractivity contribution in [1.29, 1.82) is 0 Å². The first-order valence-corrected chi connectivity index (χ1v) is 6.45. The molecular formula is C13H15ClN4O. The van der Waals surface area contributed by atoms with Crippen LogP contribution in [0.2, 0.25) is 5.15 Å². The summed E-state index contributed by atoms with van der Waals surface area (Å²) in [4.78, 5) is 12.2. The lowest BCUT2D eigenvalue weighted by Gasteiger charge is -2.07. The van der Waals surface area contributed by atoms with Crippen LogP contribution in [0.4, 0.5) is 5.82 Å². The molecule has 0 aliphatic heterocycles. The molecule has 2 aromatic heterocycles. The zero-order valence-electron chi connectivity index (χ0n) is 10.6. The minimum absolute atomic E-state index is 0.508. The maximum Gasteiger partial charge on any atom is 0.218 e. The van der Waals surface area contributed by atoms with Gasteiger partial charge in [0.15, 0.2) is 0 Å². The number of hydrogen-bond donors (Lipinski definition) is 1. The number of nitrogens with one attached hydrogen (secondary N) is 1. The second-order valence-corrected chi connectivity index (χ2v) is 4.23. The van der Waals surface area contributed by atoms with Crippen molar-refractivity contribution in [3.8, 4) is 5.88 Å². The van der Waals surface area contributed by atoms with Crippen molar-refractivity contribution in [3.63, 3.8) is 0 Å². The van der Waals surface area contributed by atoms with Crippen molar-refractivity contribution in [2.45, 2.75) is 13.3 Å². The summed E-state index contributed by atoms with van der Waals surface area (Å²) < 4.78 is 5.31. The van der Waals surface area contributed by atoms with Crippen LogP contribution in [0.3, 0.4) is 0 Å². The molecule has 100 valence electrons. The molecule has 0 amide bonds. The van der Waals surface area contributed by atoms with Gasteiger partial charge in [0.25, 0.3) is 0 Å². The number of anilines is 1. The molecule has 0 aromatic carbocycles. The lowest BCUT2D eigenvalue weighted by Crippen LogP contribution is -2.07. The van der Waals surface area contributed by atoms with E-state index in [2.05, 4.69) is 20.3 Å². The van der Waals surface area contributed by atoms with Gasteiger partial charge in [0.05, 0.1) is 6.61 Å². The van der Waals surface area contributed by atoms with E-state index < -0.39 is 0 Å². The quantitative estimate of drug-likeness (QED) is 0.823. The Kier molecular flexibility index (Phi) is 4.92. The highest BCUT2D eigenvalue weighted by Gasteiger charge is 1.99. The van der Waals surface area contributed by atoms with Crippen LogP contribution in [0.15, 0.2) is 30.7 Å². The Labute approximate surface area is 117 Å². The number of ether oxygens (including phenoxy) is 1. The Balaban J connectivity index is 1.85. The Morgan fingerprint density at radius 2 is 2.16 bits per heavy atom. The summed E-state index contributed by atoms with van der Waals surface area (Å²) >= 11 is 5.73. The molecule has 0 bridgehead atoms. The molecule has 0 atom stereocenters. The fraction of sp³-hybridized carbons (Fsp3) is 0.308. The molecule has 0 aliphatic carbocycles. The Morgan fingerprint density at radius 3 is 2.89 bits per heavy atom. The van der Waals surface area contributed by atoms with Crippen LogP contribution in [0.1, 0.15) is 12.5 Å². The van der Waals surface area contributed by atoms with E-state index in [1.807, 2.05) is 13.0 Å². The van der Waals surface area contributed by atoms with Gasteiger partial charge in [-0.3, -0.25) is 0 Å². The molecule has 2 rings (SSSR count). The van der Waals surface area contributed by atoms with Crippen LogP contribution >= 0.6 is 11.6 Å². The highest BCUT2D eigenvalue weighted by molar-refractivity contribution is 6.29. The number of aromatic nitrogens is 3. The van der Waals surface area contributed by atoms with Crippen molar-refractivity contribution >= 4 is 17.4 Å². The summed E-state index contributed by atoms with van der Waals surface area (Å²) in [6.45, 7) is 3.27. The summed E-state index contributed by atoms with van der Waals surface area (Å²) in [5.41, 5.74) is 1.12. The third-order valence-corrected chi connectivity index (χ3v) is 2.67. The first-order valence-electron chi connectivity index (χ1n) is 6.07. The average Bonchev–Trinajstić information content (AvgIpc) is 2.42. The van der Waals surface area contributed by atoms with Gasteiger partial charge in [-0.05, 0) is 25.0 Å². The SMILES string of the molecule is CCOc1cc(NCCc2ccc(Cl)nc2)ncn1. The monoisotopic (exact) mass is 278 g/mol. The van der Waals surface area contributed by atoms with Gasteiger partial charge in [0.2, 0.25) is 5.88 Å². The number of pyridine rings is 1. The molecule has 2 aromatic rings. The van der Waals surface area contributed by atoms with Crippen molar-refractivity contribution in [3.05, 3.63) is 41.4 Å². The second-order valence-electron chi connectivity index (χ2n) is 3.84. The zero-order chi connectivity index (χ0) is 13.5. The van der Waals surface area contributed by atoms with Gasteiger partial charge in [0, 0.05) is 18.8 Å². The maximum atomic E-state index is 5.73. The largest absolute Gasteiger partial charge is 0.478 e. The van der Waals surface area contributed by atoms with E-state index in [4.69, 9.17) is 16.3 Å². The number of halogens is 1. The number of nitrogens with zero attached hydrogens (tertiary/aromatic N) is 3. The van der Waals surface area contributed by atoms with E-state index in [0.717, 1.165) is 24.3 Å². The highest BCUT2D eigenvalue weighted by Crippen LogP contribution is 2.11. The summed E-state index contributed by atoms with van der Waals surface area (Å²) in [7, 11) is 0. The van der Waals surface area contributed by atoms with Crippen molar-refractivity contribution in [2.24, 2.45) is 0 Å². The van der Waals surface area contributed by atoms with Crippen LogP contribution in [-0.4, -0.2) is 28.1 Å². The first kappa shape index (κ1) is 13.5. The molecule has 0 aliphatic rings. The normalized spacial score (nSPS) is 10.2. The molecule has 19 heavy (non-hydrogen) atoms. The lowest BCUT2D eigenvalue weighted by molar-refractivity contribution is 0.326. The number of hydrogen-bond acceptors (Lipinski definition) is 5. The molecule has 1 N–H and O–H groups in total. The van der Waals surface area contributed by atoms with E-state index >= 15 is 0 Å².